The van der Waals surface area contributed by atoms with E-state index in [0.717, 1.165) is 25.9 Å². The van der Waals surface area contributed by atoms with Crippen LogP contribution >= 0.6 is 0 Å². The largest absolute Gasteiger partial charge is 0.395 e. The van der Waals surface area contributed by atoms with Crippen LogP contribution in [0.4, 0.5) is 0 Å². The maximum absolute atomic E-state index is 9.18. The highest BCUT2D eigenvalue weighted by Gasteiger charge is 2.16. The Kier molecular flexibility index (Phi) is 3.12. The Labute approximate surface area is 61.3 Å². The van der Waals surface area contributed by atoms with Crippen LogP contribution in [0.3, 0.4) is 0 Å². The molecule has 0 amide bonds. The molecule has 0 saturated carbocycles. The summed E-state index contributed by atoms with van der Waals surface area (Å²) in [7, 11) is 0. The van der Waals surface area contributed by atoms with Crippen LogP contribution in [-0.2, 0) is 0 Å². The monoisotopic (exact) mass is 145 g/mol. The summed E-state index contributed by atoms with van der Waals surface area (Å²) in [6, 6.07) is 0. The minimum absolute atomic E-state index is 0.166. The van der Waals surface area contributed by atoms with Gasteiger partial charge in [0.2, 0.25) is 0 Å². The summed E-state index contributed by atoms with van der Waals surface area (Å²) < 4.78 is 0. The zero-order valence-electron chi connectivity index (χ0n) is 6.16. The van der Waals surface area contributed by atoms with E-state index in [-0.39, 0.29) is 12.7 Å². The second-order valence-electron chi connectivity index (χ2n) is 2.82. The van der Waals surface area contributed by atoms with Gasteiger partial charge >= 0.3 is 0 Å². The molecule has 1 atom stereocenters. The van der Waals surface area contributed by atoms with Crippen molar-refractivity contribution in [3.05, 3.63) is 0 Å². The van der Waals surface area contributed by atoms with E-state index in [2.05, 4.69) is 4.90 Å². The predicted octanol–water partition coefficient (Wildman–Crippen LogP) is -0.565. The Hall–Kier alpha value is -0.120. The molecule has 1 heterocycles. The van der Waals surface area contributed by atoms with Crippen LogP contribution in [-0.4, -0.2) is 47.5 Å². The number of aliphatic hydroxyl groups is 2. The van der Waals surface area contributed by atoms with Crippen LogP contribution in [0.1, 0.15) is 12.8 Å². The molecule has 0 unspecified atom stereocenters. The van der Waals surface area contributed by atoms with Crippen LogP contribution in [0.2, 0.25) is 0 Å². The summed E-state index contributed by atoms with van der Waals surface area (Å²) in [6.07, 6.45) is 1.81. The number of likely N-dealkylation sites (tertiary alicyclic amines) is 1. The van der Waals surface area contributed by atoms with Crippen LogP contribution in [0.25, 0.3) is 0 Å². The van der Waals surface area contributed by atoms with Gasteiger partial charge in [-0.1, -0.05) is 0 Å². The van der Waals surface area contributed by atoms with Gasteiger partial charge in [0.15, 0.2) is 0 Å². The fourth-order valence-corrected chi connectivity index (χ4v) is 1.38. The topological polar surface area (TPSA) is 43.7 Å². The van der Waals surface area contributed by atoms with Gasteiger partial charge in [0.1, 0.15) is 0 Å². The highest BCUT2D eigenvalue weighted by molar-refractivity contribution is 4.70. The number of rotatable bonds is 2. The molecule has 1 aliphatic rings. The first kappa shape index (κ1) is 7.98. The van der Waals surface area contributed by atoms with Gasteiger partial charge < -0.3 is 10.2 Å². The minimum Gasteiger partial charge on any atom is -0.395 e. The zero-order chi connectivity index (χ0) is 7.40. The van der Waals surface area contributed by atoms with Crippen molar-refractivity contribution in [3.8, 4) is 0 Å². The Bertz CT molecular complexity index is 95.6. The van der Waals surface area contributed by atoms with E-state index in [4.69, 9.17) is 5.11 Å². The summed E-state index contributed by atoms with van der Waals surface area (Å²) in [6.45, 7) is 2.67. The molecule has 3 nitrogen and oxygen atoms in total. The number of hydrogen-bond acceptors (Lipinski definition) is 3. The van der Waals surface area contributed by atoms with Crippen molar-refractivity contribution in [2.75, 3.05) is 26.2 Å². The molecule has 1 saturated heterocycles. The molecule has 0 spiro atoms. The third-order valence-electron chi connectivity index (χ3n) is 1.90. The summed E-state index contributed by atoms with van der Waals surface area (Å²) >= 11 is 0. The van der Waals surface area contributed by atoms with E-state index >= 15 is 0 Å². The van der Waals surface area contributed by atoms with Crippen LogP contribution < -0.4 is 0 Å². The average molecular weight is 145 g/mol. The molecule has 1 aliphatic heterocycles. The highest BCUT2D eigenvalue weighted by Crippen LogP contribution is 2.08. The minimum atomic E-state index is -0.166. The van der Waals surface area contributed by atoms with Gasteiger partial charge in [-0.2, -0.15) is 0 Å². The number of aliphatic hydroxyl groups excluding tert-OH is 2. The van der Waals surface area contributed by atoms with Crippen molar-refractivity contribution >= 4 is 0 Å². The number of nitrogens with zero attached hydrogens (tertiary/aromatic N) is 1. The molecule has 1 rings (SSSR count). The molecule has 0 aliphatic carbocycles. The first-order chi connectivity index (χ1) is 4.83. The standard InChI is InChI=1S/C7H15NO2/c9-5-4-8-3-1-2-7(10)6-8/h7,9-10H,1-6H2/t7-/m1/s1. The molecule has 1 fully saturated rings. The SMILES string of the molecule is OCCN1CCC[C@@H](O)C1. The molecule has 0 bridgehead atoms. The van der Waals surface area contributed by atoms with E-state index in [1.165, 1.54) is 0 Å². The molecule has 2 N–H and O–H groups in total. The van der Waals surface area contributed by atoms with Gasteiger partial charge in [0, 0.05) is 13.1 Å². The first-order valence-electron chi connectivity index (χ1n) is 3.84. The van der Waals surface area contributed by atoms with Crippen molar-refractivity contribution < 1.29 is 10.2 Å². The molecule has 0 aromatic heterocycles. The van der Waals surface area contributed by atoms with Crippen molar-refractivity contribution in [3.63, 3.8) is 0 Å². The molecule has 10 heavy (non-hydrogen) atoms. The van der Waals surface area contributed by atoms with E-state index in [9.17, 15) is 5.11 Å². The lowest BCUT2D eigenvalue weighted by Crippen LogP contribution is -2.39. The van der Waals surface area contributed by atoms with E-state index in [1.807, 2.05) is 0 Å². The lowest BCUT2D eigenvalue weighted by atomic mass is 10.1. The van der Waals surface area contributed by atoms with E-state index < -0.39 is 0 Å². The summed E-state index contributed by atoms with van der Waals surface area (Å²) in [4.78, 5) is 2.09. The smallest absolute Gasteiger partial charge is 0.0667 e. The van der Waals surface area contributed by atoms with Gasteiger partial charge in [-0.15, -0.1) is 0 Å². The molecule has 3 heteroatoms. The lowest BCUT2D eigenvalue weighted by molar-refractivity contribution is 0.0612. The van der Waals surface area contributed by atoms with Crippen molar-refractivity contribution in [2.24, 2.45) is 0 Å². The quantitative estimate of drug-likeness (QED) is 0.547. The molecule has 0 aromatic rings. The molecule has 0 aromatic carbocycles. The van der Waals surface area contributed by atoms with Gasteiger partial charge in [-0.25, -0.2) is 0 Å². The Morgan fingerprint density at radius 3 is 2.90 bits per heavy atom. The van der Waals surface area contributed by atoms with Gasteiger partial charge in [0.25, 0.3) is 0 Å². The fraction of sp³-hybridized carbons (Fsp3) is 1.00. The lowest BCUT2D eigenvalue weighted by Gasteiger charge is -2.29. The first-order valence-corrected chi connectivity index (χ1v) is 3.84. The van der Waals surface area contributed by atoms with Gasteiger partial charge in [-0.05, 0) is 19.4 Å². The van der Waals surface area contributed by atoms with Crippen LogP contribution in [0.15, 0.2) is 0 Å². The van der Waals surface area contributed by atoms with Crippen LogP contribution in [0, 0.1) is 0 Å². The second-order valence-corrected chi connectivity index (χ2v) is 2.82. The predicted molar refractivity (Wildman–Crippen MR) is 38.8 cm³/mol. The van der Waals surface area contributed by atoms with Crippen molar-refractivity contribution in [1.29, 1.82) is 0 Å². The molecule has 60 valence electrons. The maximum Gasteiger partial charge on any atom is 0.0667 e. The van der Waals surface area contributed by atoms with E-state index in [1.54, 1.807) is 0 Å². The molecular formula is C7H15NO2. The Morgan fingerprint density at radius 2 is 2.30 bits per heavy atom. The second kappa shape index (κ2) is 3.91. The normalized spacial score (nSPS) is 28.8. The zero-order valence-corrected chi connectivity index (χ0v) is 6.16. The van der Waals surface area contributed by atoms with Gasteiger partial charge in [0.05, 0.1) is 12.7 Å². The summed E-state index contributed by atoms with van der Waals surface area (Å²) in [5, 5.41) is 17.8. The number of piperidine rings is 1. The third-order valence-corrected chi connectivity index (χ3v) is 1.90. The number of β-amino-alcohol motifs (C(OH)–C–C–N with tert-alkyl or cyclic N) is 2. The van der Waals surface area contributed by atoms with Gasteiger partial charge in [-0.3, -0.25) is 4.90 Å². The maximum atomic E-state index is 9.18. The summed E-state index contributed by atoms with van der Waals surface area (Å²) in [5.41, 5.74) is 0. The summed E-state index contributed by atoms with van der Waals surface area (Å²) in [5.74, 6) is 0. The van der Waals surface area contributed by atoms with E-state index in [0.29, 0.717) is 6.54 Å². The fourth-order valence-electron chi connectivity index (χ4n) is 1.38. The molecule has 0 radical (unpaired) electrons. The Balaban J connectivity index is 2.18. The molecular weight excluding hydrogens is 130 g/mol. The highest BCUT2D eigenvalue weighted by atomic mass is 16.3. The Morgan fingerprint density at radius 1 is 1.50 bits per heavy atom. The average Bonchev–Trinajstić information content (AvgIpc) is 1.88. The number of hydrogen-bond donors (Lipinski definition) is 2. The van der Waals surface area contributed by atoms with Crippen molar-refractivity contribution in [2.45, 2.75) is 18.9 Å². The third kappa shape index (κ3) is 2.25. The van der Waals surface area contributed by atoms with Crippen molar-refractivity contribution in [1.82, 2.24) is 4.90 Å². The van der Waals surface area contributed by atoms with Crippen LogP contribution in [0.5, 0.6) is 0 Å².